The van der Waals surface area contributed by atoms with E-state index in [2.05, 4.69) is 53.2 Å². The van der Waals surface area contributed by atoms with Crippen LogP contribution < -0.4 is 4.90 Å². The fourth-order valence-corrected chi connectivity index (χ4v) is 3.83. The Bertz CT molecular complexity index is 874. The zero-order valence-electron chi connectivity index (χ0n) is 15.7. The highest BCUT2D eigenvalue weighted by molar-refractivity contribution is 7.13. The summed E-state index contributed by atoms with van der Waals surface area (Å²) in [6, 6.07) is 12.5. The smallest absolute Gasteiger partial charge is 0.257 e. The number of benzene rings is 1. The van der Waals surface area contributed by atoms with E-state index in [1.54, 1.807) is 18.4 Å². The monoisotopic (exact) mass is 385 g/mol. The van der Waals surface area contributed by atoms with Crippen LogP contribution in [-0.4, -0.2) is 43.3 Å². The van der Waals surface area contributed by atoms with Gasteiger partial charge in [-0.15, -0.1) is 21.5 Å². The van der Waals surface area contributed by atoms with Crippen molar-refractivity contribution in [1.29, 1.82) is 0 Å². The zero-order chi connectivity index (χ0) is 18.9. The number of nitrogens with zero attached hydrogens (tertiary/aromatic N) is 3. The van der Waals surface area contributed by atoms with Crippen LogP contribution in [0, 0.1) is 0 Å². The van der Waals surface area contributed by atoms with Gasteiger partial charge in [0.05, 0.1) is 23.4 Å². The highest BCUT2D eigenvalue weighted by Gasteiger charge is 2.30. The molecule has 1 saturated heterocycles. The molecule has 1 atom stereocenters. The van der Waals surface area contributed by atoms with Gasteiger partial charge in [0, 0.05) is 19.3 Å². The largest absolute Gasteiger partial charge is 0.419 e. The Hall–Kier alpha value is -2.22. The molecule has 0 amide bonds. The molecule has 2 aromatic heterocycles. The van der Waals surface area contributed by atoms with Crippen molar-refractivity contribution in [2.75, 3.05) is 31.7 Å². The fourth-order valence-electron chi connectivity index (χ4n) is 3.18. The van der Waals surface area contributed by atoms with E-state index in [1.165, 1.54) is 0 Å². The SMILES string of the molecule is COC1CN(c2ccc(C(C)(C)c3nnc(-c4cccs4)o3)cc2)CCO1. The van der Waals surface area contributed by atoms with Crippen molar-refractivity contribution in [3.8, 4) is 10.8 Å². The maximum absolute atomic E-state index is 5.97. The highest BCUT2D eigenvalue weighted by atomic mass is 32.1. The molecule has 142 valence electrons. The van der Waals surface area contributed by atoms with E-state index in [4.69, 9.17) is 13.9 Å². The van der Waals surface area contributed by atoms with Gasteiger partial charge in [0.15, 0.2) is 6.29 Å². The number of aromatic nitrogens is 2. The van der Waals surface area contributed by atoms with Crippen LogP contribution in [0.5, 0.6) is 0 Å². The highest BCUT2D eigenvalue weighted by Crippen LogP contribution is 2.34. The van der Waals surface area contributed by atoms with Gasteiger partial charge in [0.25, 0.3) is 5.89 Å². The third kappa shape index (κ3) is 3.63. The minimum Gasteiger partial charge on any atom is -0.419 e. The van der Waals surface area contributed by atoms with E-state index >= 15 is 0 Å². The molecule has 0 saturated carbocycles. The van der Waals surface area contributed by atoms with Crippen molar-refractivity contribution in [1.82, 2.24) is 10.2 Å². The van der Waals surface area contributed by atoms with Crippen LogP contribution in [0.25, 0.3) is 10.8 Å². The number of anilines is 1. The number of morpholine rings is 1. The second-order valence-corrected chi connectivity index (χ2v) is 7.99. The predicted octanol–water partition coefficient (Wildman–Crippen LogP) is 3.93. The quantitative estimate of drug-likeness (QED) is 0.663. The molecule has 1 fully saturated rings. The third-order valence-corrected chi connectivity index (χ3v) is 5.80. The van der Waals surface area contributed by atoms with Crippen molar-refractivity contribution in [3.63, 3.8) is 0 Å². The summed E-state index contributed by atoms with van der Waals surface area (Å²) >= 11 is 1.59. The van der Waals surface area contributed by atoms with E-state index in [0.29, 0.717) is 18.4 Å². The molecule has 3 heterocycles. The molecule has 0 bridgehead atoms. The second kappa shape index (κ2) is 7.42. The molecular formula is C20H23N3O3S. The van der Waals surface area contributed by atoms with E-state index in [1.807, 2.05) is 17.5 Å². The van der Waals surface area contributed by atoms with Crippen LogP contribution in [0.4, 0.5) is 5.69 Å². The predicted molar refractivity (Wildman–Crippen MR) is 105 cm³/mol. The summed E-state index contributed by atoms with van der Waals surface area (Å²) in [5.41, 5.74) is 1.91. The second-order valence-electron chi connectivity index (χ2n) is 7.04. The molecule has 0 radical (unpaired) electrons. The summed E-state index contributed by atoms with van der Waals surface area (Å²) in [7, 11) is 1.68. The normalized spacial score (nSPS) is 18.0. The van der Waals surface area contributed by atoms with Crippen LogP contribution in [0.3, 0.4) is 0 Å². The molecule has 6 nitrogen and oxygen atoms in total. The van der Waals surface area contributed by atoms with Gasteiger partial charge in [-0.2, -0.15) is 0 Å². The lowest BCUT2D eigenvalue weighted by atomic mass is 9.84. The Labute approximate surface area is 162 Å². The van der Waals surface area contributed by atoms with Crippen molar-refractivity contribution in [2.24, 2.45) is 0 Å². The summed E-state index contributed by atoms with van der Waals surface area (Å²) < 4.78 is 16.8. The van der Waals surface area contributed by atoms with E-state index in [9.17, 15) is 0 Å². The number of hydrogen-bond donors (Lipinski definition) is 0. The summed E-state index contributed by atoms with van der Waals surface area (Å²) in [5.74, 6) is 1.19. The topological polar surface area (TPSA) is 60.6 Å². The lowest BCUT2D eigenvalue weighted by molar-refractivity contribution is -0.128. The molecule has 3 aromatic rings. The Morgan fingerprint density at radius 3 is 2.70 bits per heavy atom. The summed E-state index contributed by atoms with van der Waals surface area (Å²) in [4.78, 5) is 3.26. The number of rotatable bonds is 5. The molecule has 1 aliphatic rings. The Morgan fingerprint density at radius 2 is 2.00 bits per heavy atom. The minimum atomic E-state index is -0.374. The van der Waals surface area contributed by atoms with Gasteiger partial charge in [-0.05, 0) is 43.0 Å². The van der Waals surface area contributed by atoms with Gasteiger partial charge in [-0.3, -0.25) is 0 Å². The number of thiophene rings is 1. The number of methoxy groups -OCH3 is 1. The van der Waals surface area contributed by atoms with Crippen molar-refractivity contribution in [2.45, 2.75) is 25.6 Å². The van der Waals surface area contributed by atoms with E-state index < -0.39 is 0 Å². The fraction of sp³-hybridized carbons (Fsp3) is 0.400. The number of hydrogen-bond acceptors (Lipinski definition) is 7. The average Bonchev–Trinajstić information content (AvgIpc) is 3.40. The van der Waals surface area contributed by atoms with Crippen LogP contribution in [-0.2, 0) is 14.9 Å². The summed E-state index contributed by atoms with van der Waals surface area (Å²) in [5, 5.41) is 10.5. The lowest BCUT2D eigenvalue weighted by Gasteiger charge is -2.34. The minimum absolute atomic E-state index is 0.177. The molecular weight excluding hydrogens is 362 g/mol. The maximum Gasteiger partial charge on any atom is 0.257 e. The molecule has 1 aliphatic heterocycles. The molecule has 7 heteroatoms. The summed E-state index contributed by atoms with van der Waals surface area (Å²) in [6.45, 7) is 6.45. The van der Waals surface area contributed by atoms with Crippen LogP contribution in [0.1, 0.15) is 25.3 Å². The first-order valence-corrected chi connectivity index (χ1v) is 9.83. The first-order chi connectivity index (χ1) is 13.1. The van der Waals surface area contributed by atoms with Gasteiger partial charge in [-0.1, -0.05) is 18.2 Å². The molecule has 1 aromatic carbocycles. The third-order valence-electron chi connectivity index (χ3n) is 4.94. The van der Waals surface area contributed by atoms with Crippen molar-refractivity contribution < 1.29 is 13.9 Å². The maximum atomic E-state index is 5.97. The van der Waals surface area contributed by atoms with Gasteiger partial charge >= 0.3 is 0 Å². The molecule has 4 rings (SSSR count). The van der Waals surface area contributed by atoms with E-state index in [-0.39, 0.29) is 11.7 Å². The Morgan fingerprint density at radius 1 is 1.19 bits per heavy atom. The Kier molecular flexibility index (Phi) is 4.99. The van der Waals surface area contributed by atoms with Crippen LogP contribution >= 0.6 is 11.3 Å². The molecule has 0 spiro atoms. The van der Waals surface area contributed by atoms with E-state index in [0.717, 1.165) is 29.2 Å². The first-order valence-electron chi connectivity index (χ1n) is 8.95. The van der Waals surface area contributed by atoms with Crippen molar-refractivity contribution >= 4 is 17.0 Å². The first kappa shape index (κ1) is 18.2. The van der Waals surface area contributed by atoms with Gasteiger partial charge in [0.1, 0.15) is 0 Å². The van der Waals surface area contributed by atoms with Gasteiger partial charge in [0.2, 0.25) is 5.89 Å². The summed E-state index contributed by atoms with van der Waals surface area (Å²) in [6.07, 6.45) is -0.177. The molecule has 1 unspecified atom stereocenters. The van der Waals surface area contributed by atoms with Crippen LogP contribution in [0.15, 0.2) is 46.2 Å². The van der Waals surface area contributed by atoms with Gasteiger partial charge < -0.3 is 18.8 Å². The van der Waals surface area contributed by atoms with Crippen molar-refractivity contribution in [3.05, 3.63) is 53.2 Å². The van der Waals surface area contributed by atoms with Gasteiger partial charge in [-0.25, -0.2) is 0 Å². The lowest BCUT2D eigenvalue weighted by Crippen LogP contribution is -2.43. The van der Waals surface area contributed by atoms with Crippen LogP contribution in [0.2, 0.25) is 0 Å². The molecule has 0 aliphatic carbocycles. The standard InChI is InChI=1S/C20H23N3O3S/c1-20(2,19-22-21-18(26-19)16-5-4-12-27-16)14-6-8-15(9-7-14)23-10-11-25-17(13-23)24-3/h4-9,12,17H,10-11,13H2,1-3H3. The Balaban J connectivity index is 1.54. The number of ether oxygens (including phenoxy) is 2. The average molecular weight is 385 g/mol. The molecule has 27 heavy (non-hydrogen) atoms. The molecule has 0 N–H and O–H groups in total. The zero-order valence-corrected chi connectivity index (χ0v) is 16.5.